The first kappa shape index (κ1) is 16.2. The number of amides is 2. The van der Waals surface area contributed by atoms with E-state index >= 15 is 0 Å². The summed E-state index contributed by atoms with van der Waals surface area (Å²) in [6.45, 7) is 1.75. The summed E-state index contributed by atoms with van der Waals surface area (Å²) in [7, 11) is 0. The standard InChI is InChI=1S/C19H23N3O3/c20-9-12-8-13(4-5-18(12)25-11-14-10-24-14)22(19(21)23)7-6-17-15-2-1-3-16(15)17/h4-5,8,14-17H,1-3,6-7,10-11H2,(H2,21,23). The van der Waals surface area contributed by atoms with Crippen LogP contribution in [0.1, 0.15) is 31.2 Å². The Hall–Kier alpha value is -2.26. The van der Waals surface area contributed by atoms with E-state index in [1.807, 2.05) is 0 Å². The van der Waals surface area contributed by atoms with Crippen LogP contribution < -0.4 is 15.4 Å². The molecule has 0 bridgehead atoms. The monoisotopic (exact) mass is 341 g/mol. The highest BCUT2D eigenvalue weighted by atomic mass is 16.6. The van der Waals surface area contributed by atoms with Crippen LogP contribution in [-0.4, -0.2) is 31.9 Å². The Morgan fingerprint density at radius 3 is 2.80 bits per heavy atom. The predicted octanol–water partition coefficient (Wildman–Crippen LogP) is 2.66. The summed E-state index contributed by atoms with van der Waals surface area (Å²) in [5.74, 6) is 2.99. The van der Waals surface area contributed by atoms with E-state index in [9.17, 15) is 10.1 Å². The van der Waals surface area contributed by atoms with Crippen LogP contribution >= 0.6 is 0 Å². The number of carbonyl (C=O) groups is 1. The van der Waals surface area contributed by atoms with Gasteiger partial charge in [-0.3, -0.25) is 4.90 Å². The number of hydrogen-bond acceptors (Lipinski definition) is 4. The molecule has 0 spiro atoms. The molecule has 1 heterocycles. The lowest BCUT2D eigenvalue weighted by atomic mass is 10.1. The average Bonchev–Trinajstić information content (AvgIpc) is 3.51. The number of nitriles is 1. The summed E-state index contributed by atoms with van der Waals surface area (Å²) in [5, 5.41) is 9.39. The molecule has 3 unspecified atom stereocenters. The molecule has 1 saturated heterocycles. The highest BCUT2D eigenvalue weighted by Gasteiger charge is 2.51. The van der Waals surface area contributed by atoms with Gasteiger partial charge in [0, 0.05) is 12.2 Å². The van der Waals surface area contributed by atoms with Crippen LogP contribution in [0, 0.1) is 29.1 Å². The second-order valence-electron chi connectivity index (χ2n) is 7.26. The van der Waals surface area contributed by atoms with Gasteiger partial charge in [-0.25, -0.2) is 4.79 Å². The minimum Gasteiger partial charge on any atom is -0.489 e. The molecule has 2 saturated carbocycles. The maximum atomic E-state index is 11.9. The first-order valence-corrected chi connectivity index (χ1v) is 9.03. The molecule has 2 N–H and O–H groups in total. The third-order valence-electron chi connectivity index (χ3n) is 5.76. The van der Waals surface area contributed by atoms with Gasteiger partial charge in [0.1, 0.15) is 24.5 Å². The highest BCUT2D eigenvalue weighted by Crippen LogP contribution is 2.59. The number of anilines is 1. The van der Waals surface area contributed by atoms with E-state index in [2.05, 4.69) is 6.07 Å². The van der Waals surface area contributed by atoms with E-state index < -0.39 is 6.03 Å². The molecule has 2 aliphatic carbocycles. The first-order chi connectivity index (χ1) is 12.2. The van der Waals surface area contributed by atoms with Crippen LogP contribution in [0.25, 0.3) is 0 Å². The third kappa shape index (κ3) is 3.42. The Labute approximate surface area is 147 Å². The molecule has 25 heavy (non-hydrogen) atoms. The van der Waals surface area contributed by atoms with Crippen molar-refractivity contribution in [1.82, 2.24) is 0 Å². The minimum atomic E-state index is -0.477. The zero-order valence-corrected chi connectivity index (χ0v) is 14.2. The summed E-state index contributed by atoms with van der Waals surface area (Å²) >= 11 is 0. The fourth-order valence-corrected chi connectivity index (χ4v) is 4.29. The number of hydrogen-bond donors (Lipinski definition) is 1. The number of fused-ring (bicyclic) bond motifs is 1. The molecule has 1 aliphatic heterocycles. The van der Waals surface area contributed by atoms with Crippen molar-refractivity contribution in [2.45, 2.75) is 31.8 Å². The molecule has 3 aliphatic rings. The van der Waals surface area contributed by atoms with Gasteiger partial charge in [-0.05, 0) is 55.2 Å². The number of ether oxygens (including phenoxy) is 2. The third-order valence-corrected chi connectivity index (χ3v) is 5.76. The lowest BCUT2D eigenvalue weighted by Crippen LogP contribution is -2.37. The maximum absolute atomic E-state index is 11.9. The van der Waals surface area contributed by atoms with Crippen molar-refractivity contribution in [2.24, 2.45) is 23.5 Å². The van der Waals surface area contributed by atoms with Gasteiger partial charge < -0.3 is 15.2 Å². The predicted molar refractivity (Wildman–Crippen MR) is 92.3 cm³/mol. The van der Waals surface area contributed by atoms with Gasteiger partial charge in [0.25, 0.3) is 0 Å². The van der Waals surface area contributed by atoms with Crippen LogP contribution in [-0.2, 0) is 4.74 Å². The molecular formula is C19H23N3O3. The summed E-state index contributed by atoms with van der Waals surface area (Å²) in [6, 6.07) is 6.87. The van der Waals surface area contributed by atoms with Gasteiger partial charge in [0.2, 0.25) is 0 Å². The summed E-state index contributed by atoms with van der Waals surface area (Å²) in [4.78, 5) is 13.5. The lowest BCUT2D eigenvalue weighted by Gasteiger charge is -2.21. The smallest absolute Gasteiger partial charge is 0.319 e. The van der Waals surface area contributed by atoms with Crippen LogP contribution in [0.4, 0.5) is 10.5 Å². The number of nitrogens with two attached hydrogens (primary N) is 1. The molecule has 1 aromatic rings. The molecule has 0 aromatic heterocycles. The normalized spacial score (nSPS) is 28.8. The van der Waals surface area contributed by atoms with E-state index in [4.69, 9.17) is 15.2 Å². The molecule has 3 fully saturated rings. The summed E-state index contributed by atoms with van der Waals surface area (Å²) in [5.41, 5.74) is 6.65. The average molecular weight is 341 g/mol. The largest absolute Gasteiger partial charge is 0.489 e. The zero-order valence-electron chi connectivity index (χ0n) is 14.2. The van der Waals surface area contributed by atoms with Gasteiger partial charge in [0.05, 0.1) is 12.2 Å². The fraction of sp³-hybridized carbons (Fsp3) is 0.579. The number of urea groups is 1. The number of nitrogens with zero attached hydrogens (tertiary/aromatic N) is 2. The topological polar surface area (TPSA) is 91.9 Å². The van der Waals surface area contributed by atoms with E-state index in [-0.39, 0.29) is 6.10 Å². The maximum Gasteiger partial charge on any atom is 0.319 e. The number of benzene rings is 1. The first-order valence-electron chi connectivity index (χ1n) is 9.03. The van der Waals surface area contributed by atoms with Crippen LogP contribution in [0.15, 0.2) is 18.2 Å². The van der Waals surface area contributed by atoms with E-state index in [0.717, 1.165) is 24.2 Å². The van der Waals surface area contributed by atoms with Crippen molar-refractivity contribution in [1.29, 1.82) is 5.26 Å². The molecule has 2 amide bonds. The molecule has 4 rings (SSSR count). The van der Waals surface area contributed by atoms with Crippen molar-refractivity contribution in [3.8, 4) is 11.8 Å². The Morgan fingerprint density at radius 1 is 1.40 bits per heavy atom. The Morgan fingerprint density at radius 2 is 2.16 bits per heavy atom. The van der Waals surface area contributed by atoms with Crippen LogP contribution in [0.5, 0.6) is 5.75 Å². The van der Waals surface area contributed by atoms with E-state index in [1.54, 1.807) is 23.1 Å². The quantitative estimate of drug-likeness (QED) is 0.772. The van der Waals surface area contributed by atoms with E-state index in [0.29, 0.717) is 36.8 Å². The lowest BCUT2D eigenvalue weighted by molar-refractivity contribution is 0.253. The molecule has 0 radical (unpaired) electrons. The van der Waals surface area contributed by atoms with Crippen molar-refractivity contribution >= 4 is 11.7 Å². The molecule has 3 atom stereocenters. The number of carbonyl (C=O) groups excluding carboxylic acids is 1. The van der Waals surface area contributed by atoms with Gasteiger partial charge in [-0.1, -0.05) is 6.42 Å². The molecule has 1 aromatic carbocycles. The summed E-state index contributed by atoms with van der Waals surface area (Å²) < 4.78 is 10.7. The SMILES string of the molecule is N#Cc1cc(N(CCC2C3CCCC32)C(N)=O)ccc1OCC1CO1. The van der Waals surface area contributed by atoms with Crippen LogP contribution in [0.2, 0.25) is 0 Å². The van der Waals surface area contributed by atoms with Gasteiger partial charge in [-0.15, -0.1) is 0 Å². The Kier molecular flexibility index (Phi) is 4.26. The van der Waals surface area contributed by atoms with Crippen molar-refractivity contribution in [3.05, 3.63) is 23.8 Å². The number of rotatable bonds is 7. The fourth-order valence-electron chi connectivity index (χ4n) is 4.29. The minimum absolute atomic E-state index is 0.131. The zero-order chi connectivity index (χ0) is 17.4. The highest BCUT2D eigenvalue weighted by molar-refractivity contribution is 5.91. The molecule has 6 nitrogen and oxygen atoms in total. The van der Waals surface area contributed by atoms with Crippen molar-refractivity contribution in [2.75, 3.05) is 24.7 Å². The number of primary amides is 1. The van der Waals surface area contributed by atoms with Crippen molar-refractivity contribution < 1.29 is 14.3 Å². The van der Waals surface area contributed by atoms with Crippen molar-refractivity contribution in [3.63, 3.8) is 0 Å². The molecule has 132 valence electrons. The van der Waals surface area contributed by atoms with Gasteiger partial charge in [-0.2, -0.15) is 5.26 Å². The van der Waals surface area contributed by atoms with Gasteiger partial charge in [0.15, 0.2) is 0 Å². The molecule has 6 heteroatoms. The summed E-state index contributed by atoms with van der Waals surface area (Å²) in [6.07, 6.45) is 5.13. The Bertz CT molecular complexity index is 700. The number of epoxide rings is 1. The second kappa shape index (κ2) is 6.57. The second-order valence-corrected chi connectivity index (χ2v) is 7.26. The van der Waals surface area contributed by atoms with Gasteiger partial charge >= 0.3 is 6.03 Å². The van der Waals surface area contributed by atoms with E-state index in [1.165, 1.54) is 19.3 Å². The van der Waals surface area contributed by atoms with Crippen LogP contribution in [0.3, 0.4) is 0 Å². The Balaban J connectivity index is 1.43. The molecular weight excluding hydrogens is 318 g/mol.